The molecule has 25 heavy (non-hydrogen) atoms. The van der Waals surface area contributed by atoms with Crippen molar-refractivity contribution in [3.8, 4) is 5.75 Å². The van der Waals surface area contributed by atoms with Gasteiger partial charge in [-0.1, -0.05) is 46.3 Å². The van der Waals surface area contributed by atoms with Gasteiger partial charge >= 0.3 is 0 Å². The monoisotopic (exact) mass is 402 g/mol. The zero-order chi connectivity index (χ0) is 18.2. The number of benzene rings is 2. The molecule has 2 rings (SSSR count). The molecule has 0 radical (unpaired) electrons. The van der Waals surface area contributed by atoms with E-state index >= 15 is 0 Å². The standard InChI is InChI=1S/C20H23BrN2O2/c1-23(2)19(16-8-6-9-17(13-16)25-3)14-22-20(24)12-11-15-7-4-5-10-18(15)21/h4-13,19H,14H2,1-3H3,(H,22,24). The van der Waals surface area contributed by atoms with Crippen molar-refractivity contribution in [3.63, 3.8) is 0 Å². The fourth-order valence-corrected chi connectivity index (χ4v) is 2.90. The minimum atomic E-state index is -0.120. The average Bonchev–Trinajstić information content (AvgIpc) is 2.61. The lowest BCUT2D eigenvalue weighted by Crippen LogP contribution is -2.33. The van der Waals surface area contributed by atoms with Crippen LogP contribution in [0.1, 0.15) is 17.2 Å². The summed E-state index contributed by atoms with van der Waals surface area (Å²) in [6.07, 6.45) is 3.36. The molecule has 1 N–H and O–H groups in total. The first-order valence-corrected chi connectivity index (χ1v) is 8.81. The van der Waals surface area contributed by atoms with Gasteiger partial charge in [0.1, 0.15) is 5.75 Å². The maximum Gasteiger partial charge on any atom is 0.244 e. The number of rotatable bonds is 7. The van der Waals surface area contributed by atoms with E-state index in [1.54, 1.807) is 19.3 Å². The molecule has 1 atom stereocenters. The van der Waals surface area contributed by atoms with Gasteiger partial charge in [-0.15, -0.1) is 0 Å². The third-order valence-corrected chi connectivity index (χ3v) is 4.61. The molecule has 4 nitrogen and oxygen atoms in total. The molecule has 1 amide bonds. The smallest absolute Gasteiger partial charge is 0.244 e. The van der Waals surface area contributed by atoms with Crippen molar-refractivity contribution in [2.24, 2.45) is 0 Å². The minimum absolute atomic E-state index is 0.0657. The summed E-state index contributed by atoms with van der Waals surface area (Å²) >= 11 is 3.47. The van der Waals surface area contributed by atoms with E-state index in [1.165, 1.54) is 0 Å². The Balaban J connectivity index is 2.01. The number of ether oxygens (including phenoxy) is 1. The summed E-state index contributed by atoms with van der Waals surface area (Å²) in [7, 11) is 5.64. The number of hydrogen-bond donors (Lipinski definition) is 1. The van der Waals surface area contributed by atoms with Gasteiger partial charge in [0.05, 0.1) is 13.2 Å². The molecule has 0 spiro atoms. The van der Waals surface area contributed by atoms with Gasteiger partial charge in [-0.2, -0.15) is 0 Å². The Morgan fingerprint density at radius 1 is 1.24 bits per heavy atom. The van der Waals surface area contributed by atoms with Crippen molar-refractivity contribution < 1.29 is 9.53 Å². The Morgan fingerprint density at radius 2 is 2.00 bits per heavy atom. The van der Waals surface area contributed by atoms with E-state index in [9.17, 15) is 4.79 Å². The van der Waals surface area contributed by atoms with Crippen molar-refractivity contribution in [1.82, 2.24) is 10.2 Å². The van der Waals surface area contributed by atoms with E-state index in [2.05, 4.69) is 26.1 Å². The van der Waals surface area contributed by atoms with Crippen molar-refractivity contribution in [3.05, 3.63) is 70.2 Å². The van der Waals surface area contributed by atoms with Crippen LogP contribution in [0.25, 0.3) is 6.08 Å². The van der Waals surface area contributed by atoms with Crippen LogP contribution in [0.4, 0.5) is 0 Å². The summed E-state index contributed by atoms with van der Waals surface area (Å²) in [5.74, 6) is 0.690. The Morgan fingerprint density at radius 3 is 2.68 bits per heavy atom. The zero-order valence-corrected chi connectivity index (χ0v) is 16.3. The number of carbonyl (C=O) groups is 1. The van der Waals surface area contributed by atoms with Crippen LogP contribution in [-0.2, 0) is 4.79 Å². The third kappa shape index (κ3) is 5.73. The van der Waals surface area contributed by atoms with Crippen LogP contribution in [0.5, 0.6) is 5.75 Å². The maximum atomic E-state index is 12.2. The molecule has 0 fully saturated rings. The summed E-state index contributed by atoms with van der Waals surface area (Å²) in [4.78, 5) is 14.2. The van der Waals surface area contributed by atoms with Crippen LogP contribution < -0.4 is 10.1 Å². The van der Waals surface area contributed by atoms with Gasteiger partial charge in [0, 0.05) is 17.1 Å². The number of likely N-dealkylation sites (N-methyl/N-ethyl adjacent to an activating group) is 1. The van der Waals surface area contributed by atoms with Crippen LogP contribution in [0.3, 0.4) is 0 Å². The highest BCUT2D eigenvalue weighted by Crippen LogP contribution is 2.22. The molecule has 132 valence electrons. The lowest BCUT2D eigenvalue weighted by Gasteiger charge is -2.25. The number of methoxy groups -OCH3 is 1. The van der Waals surface area contributed by atoms with E-state index in [-0.39, 0.29) is 11.9 Å². The molecule has 0 aromatic heterocycles. The molecular weight excluding hydrogens is 380 g/mol. The van der Waals surface area contributed by atoms with Crippen molar-refractivity contribution in [1.29, 1.82) is 0 Å². The number of nitrogens with zero attached hydrogens (tertiary/aromatic N) is 1. The first-order chi connectivity index (χ1) is 12.0. The Hall–Kier alpha value is -2.11. The first-order valence-electron chi connectivity index (χ1n) is 8.02. The quantitative estimate of drug-likeness (QED) is 0.714. The van der Waals surface area contributed by atoms with Crippen molar-refractivity contribution >= 4 is 27.9 Å². The third-order valence-electron chi connectivity index (χ3n) is 3.89. The van der Waals surface area contributed by atoms with E-state index in [1.807, 2.05) is 62.6 Å². The molecule has 0 aliphatic rings. The van der Waals surface area contributed by atoms with E-state index < -0.39 is 0 Å². The average molecular weight is 403 g/mol. The maximum absolute atomic E-state index is 12.2. The Kier molecular flexibility index (Phi) is 7.22. The van der Waals surface area contributed by atoms with Gasteiger partial charge < -0.3 is 15.0 Å². The second-order valence-corrected chi connectivity index (χ2v) is 6.71. The Labute approximate surface area is 157 Å². The zero-order valence-electron chi connectivity index (χ0n) is 14.7. The van der Waals surface area contributed by atoms with Crippen molar-refractivity contribution in [2.45, 2.75) is 6.04 Å². The first kappa shape index (κ1) is 19.2. The van der Waals surface area contributed by atoms with Crippen molar-refractivity contribution in [2.75, 3.05) is 27.7 Å². The molecule has 0 aliphatic heterocycles. The molecule has 2 aromatic rings. The van der Waals surface area contributed by atoms with Crippen LogP contribution in [-0.4, -0.2) is 38.6 Å². The van der Waals surface area contributed by atoms with Gasteiger partial charge in [-0.05, 0) is 49.5 Å². The van der Waals surface area contributed by atoms with Crippen LogP contribution in [0, 0.1) is 0 Å². The van der Waals surface area contributed by atoms with Gasteiger partial charge in [0.2, 0.25) is 5.91 Å². The normalized spacial score (nSPS) is 12.4. The molecular formula is C20H23BrN2O2. The van der Waals surface area contributed by atoms with Gasteiger partial charge in [0.15, 0.2) is 0 Å². The topological polar surface area (TPSA) is 41.6 Å². The lowest BCUT2D eigenvalue weighted by molar-refractivity contribution is -0.116. The summed E-state index contributed by atoms with van der Waals surface area (Å²) in [5, 5.41) is 2.97. The van der Waals surface area contributed by atoms with Crippen LogP contribution in [0.15, 0.2) is 59.1 Å². The number of amides is 1. The number of carbonyl (C=O) groups excluding carboxylic acids is 1. The van der Waals surface area contributed by atoms with Crippen LogP contribution >= 0.6 is 15.9 Å². The lowest BCUT2D eigenvalue weighted by atomic mass is 10.1. The molecule has 2 aromatic carbocycles. The predicted octanol–water partition coefficient (Wildman–Crippen LogP) is 3.89. The summed E-state index contributed by atoms with van der Waals surface area (Å²) in [6, 6.07) is 15.7. The number of hydrogen-bond acceptors (Lipinski definition) is 3. The predicted molar refractivity (Wildman–Crippen MR) is 106 cm³/mol. The van der Waals surface area contributed by atoms with E-state index in [4.69, 9.17) is 4.74 Å². The molecule has 1 unspecified atom stereocenters. The molecule has 5 heteroatoms. The summed E-state index contributed by atoms with van der Waals surface area (Å²) in [6.45, 7) is 0.513. The highest BCUT2D eigenvalue weighted by molar-refractivity contribution is 9.10. The molecule has 0 bridgehead atoms. The summed E-state index contributed by atoms with van der Waals surface area (Å²) in [5.41, 5.74) is 2.06. The number of halogens is 1. The van der Waals surface area contributed by atoms with Gasteiger partial charge in [-0.25, -0.2) is 0 Å². The molecule has 0 saturated carbocycles. The van der Waals surface area contributed by atoms with Gasteiger partial charge in [0.25, 0.3) is 0 Å². The highest BCUT2D eigenvalue weighted by Gasteiger charge is 2.15. The fraction of sp³-hybridized carbons (Fsp3) is 0.250. The van der Waals surface area contributed by atoms with E-state index in [0.29, 0.717) is 6.54 Å². The highest BCUT2D eigenvalue weighted by atomic mass is 79.9. The molecule has 0 heterocycles. The molecule has 0 aliphatic carbocycles. The second kappa shape index (κ2) is 9.39. The largest absolute Gasteiger partial charge is 0.497 e. The van der Waals surface area contributed by atoms with Gasteiger partial charge in [-0.3, -0.25) is 4.79 Å². The van der Waals surface area contributed by atoms with E-state index in [0.717, 1.165) is 21.3 Å². The second-order valence-electron chi connectivity index (χ2n) is 5.86. The van der Waals surface area contributed by atoms with Crippen LogP contribution in [0.2, 0.25) is 0 Å². The Bertz CT molecular complexity index is 744. The fourth-order valence-electron chi connectivity index (χ4n) is 2.48. The SMILES string of the molecule is COc1cccc(C(CNC(=O)C=Cc2ccccc2Br)N(C)C)c1. The molecule has 0 saturated heterocycles. The number of nitrogens with one attached hydrogen (secondary N) is 1. The summed E-state index contributed by atoms with van der Waals surface area (Å²) < 4.78 is 6.25. The minimum Gasteiger partial charge on any atom is -0.497 e.